The van der Waals surface area contributed by atoms with E-state index in [1.165, 1.54) is 14.2 Å². The average molecular weight is 486 g/mol. The molecule has 0 saturated heterocycles. The highest BCUT2D eigenvalue weighted by molar-refractivity contribution is 9.10. The van der Waals surface area contributed by atoms with Gasteiger partial charge in [0.1, 0.15) is 11.5 Å². The molecule has 31 heavy (non-hydrogen) atoms. The first-order valence-electron chi connectivity index (χ1n) is 9.14. The van der Waals surface area contributed by atoms with Crippen LogP contribution in [0.3, 0.4) is 0 Å². The fourth-order valence-corrected chi connectivity index (χ4v) is 2.93. The first-order valence-corrected chi connectivity index (χ1v) is 9.93. The molecule has 160 valence electrons. The molecule has 0 unspecified atom stereocenters. The van der Waals surface area contributed by atoms with Crippen LogP contribution in [0.2, 0.25) is 0 Å². The lowest BCUT2D eigenvalue weighted by Gasteiger charge is -2.08. The van der Waals surface area contributed by atoms with Crippen molar-refractivity contribution >= 4 is 39.1 Å². The molecule has 0 fully saturated rings. The molecule has 0 atom stereocenters. The van der Waals surface area contributed by atoms with Crippen LogP contribution in [0.15, 0.2) is 68.8 Å². The lowest BCUT2D eigenvalue weighted by atomic mass is 10.1. The number of nitrogens with one attached hydrogen (secondary N) is 2. The second-order valence-electron chi connectivity index (χ2n) is 6.37. The van der Waals surface area contributed by atoms with Gasteiger partial charge in [-0.2, -0.15) is 5.10 Å². The topological polar surface area (TPSA) is 102 Å². The predicted molar refractivity (Wildman–Crippen MR) is 120 cm³/mol. The van der Waals surface area contributed by atoms with Crippen molar-refractivity contribution in [2.24, 2.45) is 5.10 Å². The predicted octanol–water partition coefficient (Wildman–Crippen LogP) is 4.47. The van der Waals surface area contributed by atoms with E-state index < -0.39 is 5.91 Å². The number of rotatable bonds is 7. The number of methoxy groups -OCH3 is 2. The Hall–Kier alpha value is -3.59. The third-order valence-electron chi connectivity index (χ3n) is 4.30. The largest absolute Gasteiger partial charge is 0.497 e. The van der Waals surface area contributed by atoms with Gasteiger partial charge in [-0.05, 0) is 64.8 Å². The highest BCUT2D eigenvalue weighted by Gasteiger charge is 2.12. The molecule has 2 aromatic carbocycles. The molecule has 0 spiro atoms. The standard InChI is InChI=1S/C22H20BrN3O5/c1-13(25-26-21(27)15-10-17(29-2)12-18(11-15)30-3)14-4-6-16(7-5-14)24-22(28)19-8-9-20(23)31-19/h4-12H,1-3H3,(H,24,28)(H,26,27). The van der Waals surface area contributed by atoms with Crippen LogP contribution >= 0.6 is 15.9 Å². The minimum absolute atomic E-state index is 0.200. The Morgan fingerprint density at radius 2 is 1.55 bits per heavy atom. The average Bonchev–Trinajstić information content (AvgIpc) is 3.23. The smallest absolute Gasteiger partial charge is 0.291 e. The second-order valence-corrected chi connectivity index (χ2v) is 7.16. The van der Waals surface area contributed by atoms with E-state index in [4.69, 9.17) is 13.9 Å². The van der Waals surface area contributed by atoms with Gasteiger partial charge in [0.2, 0.25) is 0 Å². The molecule has 8 nitrogen and oxygen atoms in total. The number of carbonyl (C=O) groups is 2. The Bertz CT molecular complexity index is 1100. The Kier molecular flexibility index (Phi) is 7.09. The van der Waals surface area contributed by atoms with Gasteiger partial charge in [0, 0.05) is 17.3 Å². The molecule has 2 N–H and O–H groups in total. The van der Waals surface area contributed by atoms with Crippen molar-refractivity contribution in [2.45, 2.75) is 6.92 Å². The van der Waals surface area contributed by atoms with Crippen LogP contribution in [0.25, 0.3) is 0 Å². The van der Waals surface area contributed by atoms with E-state index in [0.29, 0.717) is 33.1 Å². The molecule has 2 amide bonds. The van der Waals surface area contributed by atoms with Crippen molar-refractivity contribution in [3.05, 3.63) is 76.2 Å². The van der Waals surface area contributed by atoms with Gasteiger partial charge in [-0.15, -0.1) is 0 Å². The van der Waals surface area contributed by atoms with Gasteiger partial charge in [-0.25, -0.2) is 5.43 Å². The molecule has 3 aromatic rings. The van der Waals surface area contributed by atoms with E-state index in [9.17, 15) is 9.59 Å². The van der Waals surface area contributed by atoms with Crippen LogP contribution in [0.4, 0.5) is 5.69 Å². The highest BCUT2D eigenvalue weighted by atomic mass is 79.9. The summed E-state index contributed by atoms with van der Waals surface area (Å²) in [7, 11) is 3.02. The third-order valence-corrected chi connectivity index (χ3v) is 4.72. The zero-order valence-corrected chi connectivity index (χ0v) is 18.6. The summed E-state index contributed by atoms with van der Waals surface area (Å²) in [4.78, 5) is 24.6. The monoisotopic (exact) mass is 485 g/mol. The van der Waals surface area contributed by atoms with Gasteiger partial charge < -0.3 is 19.2 Å². The quantitative estimate of drug-likeness (QED) is 0.379. The first kappa shape index (κ1) is 22.1. The maximum atomic E-state index is 12.4. The number of hydrogen-bond donors (Lipinski definition) is 2. The van der Waals surface area contributed by atoms with Crippen LogP contribution in [0.5, 0.6) is 11.5 Å². The van der Waals surface area contributed by atoms with Gasteiger partial charge in [0.15, 0.2) is 10.4 Å². The number of furan rings is 1. The molecule has 3 rings (SSSR count). The van der Waals surface area contributed by atoms with Crippen LogP contribution in [0.1, 0.15) is 33.4 Å². The number of carbonyl (C=O) groups excluding carboxylic acids is 2. The van der Waals surface area contributed by atoms with E-state index in [1.54, 1.807) is 61.5 Å². The summed E-state index contributed by atoms with van der Waals surface area (Å²) in [6, 6.07) is 15.1. The minimum Gasteiger partial charge on any atom is -0.497 e. The van der Waals surface area contributed by atoms with Crippen LogP contribution in [-0.2, 0) is 0 Å². The summed E-state index contributed by atoms with van der Waals surface area (Å²) in [5.41, 5.74) is 4.85. The molecule has 0 saturated carbocycles. The van der Waals surface area contributed by atoms with Gasteiger partial charge in [0.25, 0.3) is 11.8 Å². The maximum absolute atomic E-state index is 12.4. The molecule has 1 heterocycles. The molecule has 0 bridgehead atoms. The third kappa shape index (κ3) is 5.73. The summed E-state index contributed by atoms with van der Waals surface area (Å²) < 4.78 is 16.1. The van der Waals surface area contributed by atoms with Crippen molar-refractivity contribution in [3.8, 4) is 11.5 Å². The molecule has 9 heteroatoms. The van der Waals surface area contributed by atoms with Crippen molar-refractivity contribution in [1.29, 1.82) is 0 Å². The highest BCUT2D eigenvalue weighted by Crippen LogP contribution is 2.22. The van der Waals surface area contributed by atoms with E-state index in [2.05, 4.69) is 31.8 Å². The number of anilines is 1. The summed E-state index contributed by atoms with van der Waals surface area (Å²) in [6.07, 6.45) is 0. The molecule has 0 radical (unpaired) electrons. The fraction of sp³-hybridized carbons (Fsp3) is 0.136. The summed E-state index contributed by atoms with van der Waals surface area (Å²) in [6.45, 7) is 1.76. The zero-order chi connectivity index (χ0) is 22.4. The first-order chi connectivity index (χ1) is 14.9. The van der Waals surface area contributed by atoms with Crippen LogP contribution < -0.4 is 20.2 Å². The Balaban J connectivity index is 1.65. The summed E-state index contributed by atoms with van der Waals surface area (Å²) in [5, 5.41) is 6.89. The lowest BCUT2D eigenvalue weighted by molar-refractivity contribution is 0.0952. The molecular weight excluding hydrogens is 466 g/mol. The Labute approximate surface area is 187 Å². The molecule has 0 aliphatic heterocycles. The number of hydrazone groups is 1. The van der Waals surface area contributed by atoms with Gasteiger partial charge >= 0.3 is 0 Å². The van der Waals surface area contributed by atoms with E-state index in [0.717, 1.165) is 5.56 Å². The van der Waals surface area contributed by atoms with Crippen molar-refractivity contribution in [1.82, 2.24) is 5.43 Å². The number of halogens is 1. The Morgan fingerprint density at radius 3 is 2.10 bits per heavy atom. The van der Waals surface area contributed by atoms with Gasteiger partial charge in [0.05, 0.1) is 19.9 Å². The van der Waals surface area contributed by atoms with Gasteiger partial charge in [-0.1, -0.05) is 12.1 Å². The zero-order valence-electron chi connectivity index (χ0n) is 17.1. The molecule has 0 aliphatic carbocycles. The van der Waals surface area contributed by atoms with Crippen molar-refractivity contribution in [2.75, 3.05) is 19.5 Å². The molecular formula is C22H20BrN3O5. The number of benzene rings is 2. The Morgan fingerprint density at radius 1 is 0.903 bits per heavy atom. The van der Waals surface area contributed by atoms with Crippen molar-refractivity contribution in [3.63, 3.8) is 0 Å². The van der Waals surface area contributed by atoms with E-state index in [1.807, 2.05) is 0 Å². The molecule has 1 aromatic heterocycles. The van der Waals surface area contributed by atoms with Gasteiger partial charge in [-0.3, -0.25) is 9.59 Å². The number of amides is 2. The second kappa shape index (κ2) is 9.94. The van der Waals surface area contributed by atoms with Crippen molar-refractivity contribution < 1.29 is 23.5 Å². The normalized spacial score (nSPS) is 11.0. The number of nitrogens with zero attached hydrogens (tertiary/aromatic N) is 1. The minimum atomic E-state index is -0.398. The SMILES string of the molecule is COc1cc(OC)cc(C(=O)NN=C(C)c2ccc(NC(=O)c3ccc(Br)o3)cc2)c1. The maximum Gasteiger partial charge on any atom is 0.291 e. The van der Waals surface area contributed by atoms with E-state index in [-0.39, 0.29) is 11.7 Å². The van der Waals surface area contributed by atoms with Crippen LogP contribution in [0, 0.1) is 0 Å². The summed E-state index contributed by atoms with van der Waals surface area (Å²) >= 11 is 3.16. The lowest BCUT2D eigenvalue weighted by Crippen LogP contribution is -2.19. The number of ether oxygens (including phenoxy) is 2. The molecule has 0 aliphatic rings. The summed E-state index contributed by atoms with van der Waals surface area (Å²) in [5.74, 6) is 0.454. The number of hydrogen-bond acceptors (Lipinski definition) is 6. The van der Waals surface area contributed by atoms with E-state index >= 15 is 0 Å². The fourth-order valence-electron chi connectivity index (χ4n) is 2.63. The van der Waals surface area contributed by atoms with Crippen LogP contribution in [-0.4, -0.2) is 31.7 Å².